The lowest BCUT2D eigenvalue weighted by atomic mass is 10.3. The van der Waals surface area contributed by atoms with E-state index in [2.05, 4.69) is 33.5 Å². The summed E-state index contributed by atoms with van der Waals surface area (Å²) in [5.41, 5.74) is 0.774. The molecule has 2 N–H and O–H groups in total. The first-order valence-corrected chi connectivity index (χ1v) is 6.85. The second-order valence-corrected chi connectivity index (χ2v) is 4.77. The van der Waals surface area contributed by atoms with Gasteiger partial charge in [0.1, 0.15) is 6.61 Å². The number of benzene rings is 1. The van der Waals surface area contributed by atoms with E-state index in [4.69, 9.17) is 4.74 Å². The highest BCUT2D eigenvalue weighted by Gasteiger charge is 2.01. The highest BCUT2D eigenvalue weighted by atomic mass is 79.9. The first-order chi connectivity index (χ1) is 8.72. The van der Waals surface area contributed by atoms with E-state index in [1.165, 1.54) is 0 Å². The molecule has 0 fully saturated rings. The first-order valence-electron chi connectivity index (χ1n) is 6.06. The molecule has 0 saturated heterocycles. The van der Waals surface area contributed by atoms with Crippen LogP contribution in [0.3, 0.4) is 0 Å². The Morgan fingerprint density at radius 1 is 1.28 bits per heavy atom. The van der Waals surface area contributed by atoms with E-state index in [0.29, 0.717) is 6.61 Å². The third-order valence-corrected chi connectivity index (χ3v) is 2.74. The third-order valence-electron chi connectivity index (χ3n) is 2.21. The Morgan fingerprint density at radius 2 is 2.00 bits per heavy atom. The second kappa shape index (κ2) is 9.08. The molecule has 5 heteroatoms. The molecular weight excluding hydrogens is 296 g/mol. The van der Waals surface area contributed by atoms with Gasteiger partial charge in [-0.05, 0) is 37.2 Å². The maximum absolute atomic E-state index is 11.5. The van der Waals surface area contributed by atoms with Gasteiger partial charge in [-0.1, -0.05) is 22.9 Å². The van der Waals surface area contributed by atoms with Crippen molar-refractivity contribution in [3.05, 3.63) is 28.7 Å². The van der Waals surface area contributed by atoms with Crippen LogP contribution in [0.4, 0.5) is 5.69 Å². The van der Waals surface area contributed by atoms with E-state index in [1.54, 1.807) is 0 Å². The topological polar surface area (TPSA) is 50.4 Å². The maximum atomic E-state index is 11.5. The van der Waals surface area contributed by atoms with Crippen LogP contribution in [0.1, 0.15) is 13.3 Å². The normalized spacial score (nSPS) is 10.3. The summed E-state index contributed by atoms with van der Waals surface area (Å²) in [5, 5.41) is 5.97. The van der Waals surface area contributed by atoms with Gasteiger partial charge >= 0.3 is 0 Å². The number of carbonyl (C=O) groups is 1. The predicted octanol–water partition coefficient (Wildman–Crippen LogP) is 2.40. The van der Waals surface area contributed by atoms with Crippen LogP contribution in [0.2, 0.25) is 0 Å². The second-order valence-electron chi connectivity index (χ2n) is 3.86. The van der Waals surface area contributed by atoms with Crippen LogP contribution >= 0.6 is 15.9 Å². The minimum absolute atomic E-state index is 0.0872. The van der Waals surface area contributed by atoms with Crippen molar-refractivity contribution < 1.29 is 9.53 Å². The van der Waals surface area contributed by atoms with Gasteiger partial charge in [-0.2, -0.15) is 0 Å². The van der Waals surface area contributed by atoms with Crippen molar-refractivity contribution >= 4 is 27.5 Å². The van der Waals surface area contributed by atoms with Crippen LogP contribution in [0.5, 0.6) is 0 Å². The standard InChI is InChI=1S/C13H19BrN2O2/c1-2-7-15-8-9-18-10-13(17)16-12-5-3-11(14)4-6-12/h3-6,15H,2,7-10H2,1H3,(H,16,17). The van der Waals surface area contributed by atoms with Crippen LogP contribution in [-0.2, 0) is 9.53 Å². The summed E-state index contributed by atoms with van der Waals surface area (Å²) in [5.74, 6) is -0.132. The van der Waals surface area contributed by atoms with Gasteiger partial charge < -0.3 is 15.4 Å². The van der Waals surface area contributed by atoms with Gasteiger partial charge in [-0.25, -0.2) is 0 Å². The van der Waals surface area contributed by atoms with Gasteiger partial charge in [0.15, 0.2) is 0 Å². The Balaban J connectivity index is 2.12. The summed E-state index contributed by atoms with van der Waals surface area (Å²) in [4.78, 5) is 11.5. The molecule has 0 saturated carbocycles. The van der Waals surface area contributed by atoms with Gasteiger partial charge in [0.2, 0.25) is 5.91 Å². The molecule has 4 nitrogen and oxygen atoms in total. The number of ether oxygens (including phenoxy) is 1. The Bertz CT molecular complexity index is 355. The largest absolute Gasteiger partial charge is 0.370 e. The lowest BCUT2D eigenvalue weighted by molar-refractivity contribution is -0.120. The molecule has 0 aliphatic heterocycles. The average Bonchev–Trinajstić information content (AvgIpc) is 2.36. The molecule has 0 heterocycles. The van der Waals surface area contributed by atoms with Crippen LogP contribution in [-0.4, -0.2) is 32.2 Å². The molecule has 1 aromatic rings. The molecule has 0 unspecified atom stereocenters. The Hall–Kier alpha value is -0.910. The first kappa shape index (κ1) is 15.1. The number of rotatable bonds is 8. The average molecular weight is 315 g/mol. The zero-order valence-corrected chi connectivity index (χ0v) is 12.1. The summed E-state index contributed by atoms with van der Waals surface area (Å²) >= 11 is 3.34. The Kier molecular flexibility index (Phi) is 7.64. The number of hydrogen-bond donors (Lipinski definition) is 2. The predicted molar refractivity (Wildman–Crippen MR) is 76.8 cm³/mol. The molecule has 0 radical (unpaired) electrons. The van der Waals surface area contributed by atoms with Crippen molar-refractivity contribution in [2.45, 2.75) is 13.3 Å². The fraction of sp³-hybridized carbons (Fsp3) is 0.462. The van der Waals surface area contributed by atoms with Gasteiger partial charge in [0.05, 0.1) is 6.61 Å². The van der Waals surface area contributed by atoms with Gasteiger partial charge in [-0.3, -0.25) is 4.79 Å². The Labute approximate surface area is 116 Å². The summed E-state index contributed by atoms with van der Waals surface area (Å²) in [6.07, 6.45) is 1.10. The van der Waals surface area contributed by atoms with Crippen LogP contribution < -0.4 is 10.6 Å². The van der Waals surface area contributed by atoms with Crippen molar-refractivity contribution in [2.24, 2.45) is 0 Å². The van der Waals surface area contributed by atoms with E-state index in [0.717, 1.165) is 29.7 Å². The molecule has 0 spiro atoms. The number of nitrogens with one attached hydrogen (secondary N) is 2. The maximum Gasteiger partial charge on any atom is 0.250 e. The lowest BCUT2D eigenvalue weighted by Crippen LogP contribution is -2.24. The van der Waals surface area contributed by atoms with Gasteiger partial charge in [-0.15, -0.1) is 0 Å². The molecule has 1 aromatic carbocycles. The smallest absolute Gasteiger partial charge is 0.250 e. The molecule has 0 aromatic heterocycles. The van der Waals surface area contributed by atoms with E-state index < -0.39 is 0 Å². The highest BCUT2D eigenvalue weighted by molar-refractivity contribution is 9.10. The molecular formula is C13H19BrN2O2. The minimum Gasteiger partial charge on any atom is -0.370 e. The summed E-state index contributed by atoms with van der Waals surface area (Å²) in [7, 11) is 0. The van der Waals surface area contributed by atoms with E-state index in [-0.39, 0.29) is 12.5 Å². The van der Waals surface area contributed by atoms with Crippen LogP contribution in [0.15, 0.2) is 28.7 Å². The quantitative estimate of drug-likeness (QED) is 0.724. The Morgan fingerprint density at radius 3 is 2.67 bits per heavy atom. The molecule has 0 aliphatic carbocycles. The number of anilines is 1. The lowest BCUT2D eigenvalue weighted by Gasteiger charge is -2.07. The molecule has 18 heavy (non-hydrogen) atoms. The van der Waals surface area contributed by atoms with Crippen molar-refractivity contribution in [3.63, 3.8) is 0 Å². The van der Waals surface area contributed by atoms with E-state index in [9.17, 15) is 4.79 Å². The fourth-order valence-corrected chi connectivity index (χ4v) is 1.61. The number of halogens is 1. The zero-order chi connectivity index (χ0) is 13.2. The van der Waals surface area contributed by atoms with Crippen molar-refractivity contribution in [1.82, 2.24) is 5.32 Å². The van der Waals surface area contributed by atoms with Crippen molar-refractivity contribution in [1.29, 1.82) is 0 Å². The molecule has 0 aliphatic rings. The summed E-state index contributed by atoms with van der Waals surface area (Å²) in [6.45, 7) is 4.50. The van der Waals surface area contributed by atoms with Gasteiger partial charge in [0.25, 0.3) is 0 Å². The number of carbonyl (C=O) groups excluding carboxylic acids is 1. The monoisotopic (exact) mass is 314 g/mol. The molecule has 0 bridgehead atoms. The molecule has 1 rings (SSSR count). The minimum atomic E-state index is -0.132. The summed E-state index contributed by atoms with van der Waals surface area (Å²) < 4.78 is 6.24. The van der Waals surface area contributed by atoms with Crippen molar-refractivity contribution in [2.75, 3.05) is 31.6 Å². The molecule has 1 amide bonds. The SMILES string of the molecule is CCCNCCOCC(=O)Nc1ccc(Br)cc1. The van der Waals surface area contributed by atoms with Crippen LogP contribution in [0, 0.1) is 0 Å². The number of hydrogen-bond acceptors (Lipinski definition) is 3. The fourth-order valence-electron chi connectivity index (χ4n) is 1.34. The van der Waals surface area contributed by atoms with E-state index in [1.807, 2.05) is 24.3 Å². The molecule has 0 atom stereocenters. The van der Waals surface area contributed by atoms with Crippen molar-refractivity contribution in [3.8, 4) is 0 Å². The summed E-state index contributed by atoms with van der Waals surface area (Å²) in [6, 6.07) is 7.44. The van der Waals surface area contributed by atoms with Crippen LogP contribution in [0.25, 0.3) is 0 Å². The zero-order valence-electron chi connectivity index (χ0n) is 10.5. The van der Waals surface area contributed by atoms with Gasteiger partial charge in [0, 0.05) is 16.7 Å². The molecule has 100 valence electrons. The number of amides is 1. The van der Waals surface area contributed by atoms with E-state index >= 15 is 0 Å². The third kappa shape index (κ3) is 6.74. The highest BCUT2D eigenvalue weighted by Crippen LogP contribution is 2.13.